The Morgan fingerprint density at radius 2 is 0.407 bits per heavy atom. The maximum absolute atomic E-state index is 11.8. The third kappa shape index (κ3) is 7.98. The lowest BCUT2D eigenvalue weighted by atomic mass is 9.73. The lowest BCUT2D eigenvalue weighted by Crippen LogP contribution is -2.18. The van der Waals surface area contributed by atoms with Crippen LogP contribution in [0.15, 0.2) is 36.4 Å². The van der Waals surface area contributed by atoms with Gasteiger partial charge < -0.3 is 15.3 Å². The van der Waals surface area contributed by atoms with Crippen molar-refractivity contribution in [2.24, 2.45) is 0 Å². The summed E-state index contributed by atoms with van der Waals surface area (Å²) in [5.41, 5.74) is 14.0. The molecular formula is C51H72O3. The summed E-state index contributed by atoms with van der Waals surface area (Å²) in [6, 6.07) is 13.2. The van der Waals surface area contributed by atoms with Gasteiger partial charge in [0, 0.05) is 33.4 Å². The molecule has 4 aromatic rings. The molecule has 3 nitrogen and oxygen atoms in total. The summed E-state index contributed by atoms with van der Waals surface area (Å²) in [5, 5.41) is 35.4. The largest absolute Gasteiger partial charge is 0.507 e. The first-order chi connectivity index (χ1) is 24.1. The van der Waals surface area contributed by atoms with Crippen LogP contribution in [0.1, 0.15) is 175 Å². The van der Waals surface area contributed by atoms with Crippen molar-refractivity contribution in [3.8, 4) is 50.6 Å². The maximum atomic E-state index is 11.8. The standard InChI is InChI=1S/C51H72O3/c1-28-40(31-22-34(46(4,5)6)43(52)35(23-31)47(7,8)9)29(2)42(33-26-38(50(16,17)18)45(54)39(27-33)51(19,20)21)30(3)41(28)32-24-36(48(10,11)12)44(53)37(25-32)49(13,14)15/h22-27,52-54H,1-21H3. The normalized spacial score (nSPS) is 13.5. The molecule has 0 atom stereocenters. The second-order valence-corrected chi connectivity index (χ2v) is 22.3. The zero-order valence-corrected chi connectivity index (χ0v) is 37.8. The van der Waals surface area contributed by atoms with Gasteiger partial charge in [0.15, 0.2) is 0 Å². The molecule has 0 aliphatic carbocycles. The summed E-state index contributed by atoms with van der Waals surface area (Å²) in [5.74, 6) is 1.11. The van der Waals surface area contributed by atoms with E-state index in [1.54, 1.807) is 0 Å². The minimum absolute atomic E-state index is 0.293. The van der Waals surface area contributed by atoms with Gasteiger partial charge in [0.25, 0.3) is 0 Å². The summed E-state index contributed by atoms with van der Waals surface area (Å²) < 4.78 is 0. The van der Waals surface area contributed by atoms with Gasteiger partial charge in [-0.1, -0.05) is 125 Å². The highest BCUT2D eigenvalue weighted by Gasteiger charge is 2.33. The summed E-state index contributed by atoms with van der Waals surface area (Å²) in [6.45, 7) is 45.7. The summed E-state index contributed by atoms with van der Waals surface area (Å²) in [7, 11) is 0. The molecule has 3 heteroatoms. The quantitative estimate of drug-likeness (QED) is 0.197. The molecule has 0 bridgehead atoms. The van der Waals surface area contributed by atoms with Crippen LogP contribution in [0.2, 0.25) is 0 Å². The Kier molecular flexibility index (Phi) is 10.7. The van der Waals surface area contributed by atoms with E-state index in [1.807, 2.05) is 0 Å². The van der Waals surface area contributed by atoms with Gasteiger partial charge in [-0.05, 0) is 140 Å². The molecule has 0 saturated heterocycles. The second kappa shape index (κ2) is 13.5. The van der Waals surface area contributed by atoms with Crippen LogP contribution in [-0.2, 0) is 32.5 Å². The van der Waals surface area contributed by atoms with Crippen molar-refractivity contribution in [3.05, 3.63) is 86.5 Å². The molecule has 4 rings (SSSR count). The number of phenols is 3. The Bertz CT molecular complexity index is 1730. The van der Waals surface area contributed by atoms with Gasteiger partial charge in [0.05, 0.1) is 0 Å². The monoisotopic (exact) mass is 733 g/mol. The SMILES string of the molecule is Cc1c(-c2cc(C(C)(C)C)c(O)c(C(C)(C)C)c2)c(C)c(-c2cc(C(C)(C)C)c(O)c(C(C)(C)C)c2)c(C)c1-c1cc(C(C)(C)C)c(O)c(C(C)(C)C)c1. The fraction of sp³-hybridized carbons (Fsp3) is 0.529. The van der Waals surface area contributed by atoms with Crippen molar-refractivity contribution in [2.75, 3.05) is 0 Å². The Morgan fingerprint density at radius 1 is 0.278 bits per heavy atom. The van der Waals surface area contributed by atoms with E-state index in [9.17, 15) is 15.3 Å². The molecule has 0 unspecified atom stereocenters. The average Bonchev–Trinajstić information content (AvgIpc) is 2.95. The van der Waals surface area contributed by atoms with E-state index in [0.717, 1.165) is 83.5 Å². The number of rotatable bonds is 3. The van der Waals surface area contributed by atoms with E-state index in [1.165, 1.54) is 0 Å². The molecular weight excluding hydrogens is 661 g/mol. The first kappa shape index (κ1) is 43.0. The summed E-state index contributed by atoms with van der Waals surface area (Å²) in [4.78, 5) is 0. The van der Waals surface area contributed by atoms with E-state index in [0.29, 0.717) is 17.2 Å². The smallest absolute Gasteiger partial charge is 0.123 e. The minimum atomic E-state index is -0.293. The van der Waals surface area contributed by atoms with Gasteiger partial charge >= 0.3 is 0 Å². The zero-order valence-electron chi connectivity index (χ0n) is 37.8. The number of benzene rings is 4. The summed E-state index contributed by atoms with van der Waals surface area (Å²) >= 11 is 0. The maximum Gasteiger partial charge on any atom is 0.123 e. The van der Waals surface area contributed by atoms with Gasteiger partial charge in [0.2, 0.25) is 0 Å². The van der Waals surface area contributed by atoms with Crippen LogP contribution >= 0.6 is 0 Å². The van der Waals surface area contributed by atoms with Crippen molar-refractivity contribution in [2.45, 2.75) is 178 Å². The molecule has 54 heavy (non-hydrogen) atoms. The molecule has 0 heterocycles. The van der Waals surface area contributed by atoms with Crippen molar-refractivity contribution < 1.29 is 15.3 Å². The van der Waals surface area contributed by atoms with Crippen LogP contribution in [0.3, 0.4) is 0 Å². The highest BCUT2D eigenvalue weighted by Crippen LogP contribution is 2.51. The molecule has 0 aliphatic heterocycles. The molecule has 3 N–H and O–H groups in total. The fourth-order valence-electron chi connectivity index (χ4n) is 8.28. The summed E-state index contributed by atoms with van der Waals surface area (Å²) in [6.07, 6.45) is 0. The number of phenolic OH excluding ortho intramolecular Hbond substituents is 3. The average molecular weight is 733 g/mol. The van der Waals surface area contributed by atoms with E-state index < -0.39 is 0 Å². The minimum Gasteiger partial charge on any atom is -0.507 e. The molecule has 0 fully saturated rings. The van der Waals surface area contributed by atoms with E-state index in [4.69, 9.17) is 0 Å². The van der Waals surface area contributed by atoms with Crippen molar-refractivity contribution >= 4 is 0 Å². The van der Waals surface area contributed by atoms with Gasteiger partial charge in [-0.25, -0.2) is 0 Å². The van der Waals surface area contributed by atoms with Crippen LogP contribution in [-0.4, -0.2) is 15.3 Å². The molecule has 0 radical (unpaired) electrons. The van der Waals surface area contributed by atoms with E-state index >= 15 is 0 Å². The predicted molar refractivity (Wildman–Crippen MR) is 234 cm³/mol. The Morgan fingerprint density at radius 3 is 0.519 bits per heavy atom. The Balaban J connectivity index is 2.40. The van der Waals surface area contributed by atoms with Crippen LogP contribution in [0.25, 0.3) is 33.4 Å². The third-order valence-electron chi connectivity index (χ3n) is 11.3. The van der Waals surface area contributed by atoms with Crippen molar-refractivity contribution in [3.63, 3.8) is 0 Å². The highest BCUT2D eigenvalue weighted by atomic mass is 16.3. The number of aromatic hydroxyl groups is 3. The van der Waals surface area contributed by atoms with E-state index in [2.05, 4.69) is 182 Å². The first-order valence-electron chi connectivity index (χ1n) is 19.9. The first-order valence-corrected chi connectivity index (χ1v) is 19.9. The van der Waals surface area contributed by atoms with Crippen LogP contribution in [0, 0.1) is 20.8 Å². The molecule has 0 amide bonds. The van der Waals surface area contributed by atoms with Crippen LogP contribution in [0.5, 0.6) is 17.2 Å². The third-order valence-corrected chi connectivity index (χ3v) is 11.3. The second-order valence-electron chi connectivity index (χ2n) is 22.3. The molecule has 0 aliphatic rings. The Hall–Kier alpha value is -3.72. The number of hydrogen-bond donors (Lipinski definition) is 3. The Labute approximate surface area is 329 Å². The topological polar surface area (TPSA) is 60.7 Å². The van der Waals surface area contributed by atoms with Crippen LogP contribution < -0.4 is 0 Å². The van der Waals surface area contributed by atoms with Gasteiger partial charge in [-0.2, -0.15) is 0 Å². The molecule has 4 aromatic carbocycles. The van der Waals surface area contributed by atoms with Crippen molar-refractivity contribution in [1.29, 1.82) is 0 Å². The molecule has 0 spiro atoms. The van der Waals surface area contributed by atoms with Crippen molar-refractivity contribution in [1.82, 2.24) is 0 Å². The van der Waals surface area contributed by atoms with Crippen LogP contribution in [0.4, 0.5) is 0 Å². The number of hydrogen-bond acceptors (Lipinski definition) is 3. The lowest BCUT2D eigenvalue weighted by Gasteiger charge is -2.32. The van der Waals surface area contributed by atoms with Gasteiger partial charge in [0.1, 0.15) is 17.2 Å². The predicted octanol–water partition coefficient (Wildman–Crippen LogP) is 14.5. The van der Waals surface area contributed by atoms with Gasteiger partial charge in [-0.3, -0.25) is 0 Å². The highest BCUT2D eigenvalue weighted by molar-refractivity contribution is 5.93. The lowest BCUT2D eigenvalue weighted by molar-refractivity contribution is 0.422. The fourth-order valence-corrected chi connectivity index (χ4v) is 8.28. The van der Waals surface area contributed by atoms with Gasteiger partial charge in [-0.15, -0.1) is 0 Å². The molecule has 0 aromatic heterocycles. The zero-order chi connectivity index (χ0) is 41.6. The molecule has 0 saturated carbocycles. The van der Waals surface area contributed by atoms with E-state index in [-0.39, 0.29) is 32.5 Å². The molecule has 294 valence electrons.